The van der Waals surface area contributed by atoms with E-state index in [4.69, 9.17) is 4.74 Å². The average Bonchev–Trinajstić information content (AvgIpc) is 2.60. The molecule has 5 heteroatoms. The lowest BCUT2D eigenvalue weighted by Gasteiger charge is -2.05. The lowest BCUT2D eigenvalue weighted by atomic mass is 10.2. The fourth-order valence-corrected chi connectivity index (χ4v) is 1.92. The minimum atomic E-state index is -0.287. The van der Waals surface area contributed by atoms with Crippen molar-refractivity contribution < 1.29 is 9.53 Å². The van der Waals surface area contributed by atoms with Crippen LogP contribution in [0.4, 0.5) is 0 Å². The van der Waals surface area contributed by atoms with Crippen molar-refractivity contribution in [3.63, 3.8) is 0 Å². The lowest BCUT2D eigenvalue weighted by Crippen LogP contribution is -2.17. The predicted molar refractivity (Wildman–Crippen MR) is 90.8 cm³/mol. The summed E-state index contributed by atoms with van der Waals surface area (Å²) < 4.78 is 5.64. The van der Waals surface area contributed by atoms with Gasteiger partial charge in [0.25, 0.3) is 5.91 Å². The van der Waals surface area contributed by atoms with Gasteiger partial charge in [0.1, 0.15) is 5.75 Å². The summed E-state index contributed by atoms with van der Waals surface area (Å²) in [4.78, 5) is 15.7. The molecule has 0 atom stereocenters. The Kier molecular flexibility index (Phi) is 6.78. The molecule has 0 fully saturated rings. The molecule has 2 rings (SSSR count). The van der Waals surface area contributed by atoms with Crippen molar-refractivity contribution in [2.24, 2.45) is 5.10 Å². The number of benzene rings is 1. The molecule has 0 unspecified atom stereocenters. The zero-order valence-corrected chi connectivity index (χ0v) is 13.2. The van der Waals surface area contributed by atoms with Crippen LogP contribution in [-0.4, -0.2) is 23.7 Å². The number of ether oxygens (including phenoxy) is 1. The molecule has 1 heterocycles. The van der Waals surface area contributed by atoms with Crippen LogP contribution in [0.15, 0.2) is 53.9 Å². The molecule has 120 valence electrons. The zero-order valence-electron chi connectivity index (χ0n) is 13.2. The van der Waals surface area contributed by atoms with Gasteiger partial charge in [0.2, 0.25) is 0 Å². The van der Waals surface area contributed by atoms with Gasteiger partial charge in [-0.2, -0.15) is 5.10 Å². The van der Waals surface area contributed by atoms with Crippen LogP contribution in [0.2, 0.25) is 0 Å². The van der Waals surface area contributed by atoms with E-state index < -0.39 is 0 Å². The Morgan fingerprint density at radius 3 is 2.78 bits per heavy atom. The molecule has 1 aromatic carbocycles. The van der Waals surface area contributed by atoms with Gasteiger partial charge in [-0.25, -0.2) is 5.43 Å². The average molecular weight is 311 g/mol. The molecule has 0 saturated carbocycles. The molecule has 5 nitrogen and oxygen atoms in total. The number of rotatable bonds is 8. The molecule has 0 radical (unpaired) electrons. The third kappa shape index (κ3) is 5.90. The van der Waals surface area contributed by atoms with Crippen LogP contribution in [0.25, 0.3) is 0 Å². The Balaban J connectivity index is 1.80. The number of nitrogens with zero attached hydrogens (tertiary/aromatic N) is 2. The van der Waals surface area contributed by atoms with Crippen molar-refractivity contribution >= 4 is 12.1 Å². The van der Waals surface area contributed by atoms with Crippen molar-refractivity contribution in [1.29, 1.82) is 0 Å². The highest BCUT2D eigenvalue weighted by atomic mass is 16.5. The van der Waals surface area contributed by atoms with Gasteiger partial charge in [-0.3, -0.25) is 9.78 Å². The third-order valence-electron chi connectivity index (χ3n) is 3.20. The van der Waals surface area contributed by atoms with E-state index in [0.29, 0.717) is 5.56 Å². The van der Waals surface area contributed by atoms with Crippen LogP contribution in [-0.2, 0) is 0 Å². The summed E-state index contributed by atoms with van der Waals surface area (Å²) in [5.41, 5.74) is 3.83. The predicted octanol–water partition coefficient (Wildman–Crippen LogP) is 3.41. The van der Waals surface area contributed by atoms with Gasteiger partial charge in [-0.15, -0.1) is 0 Å². The van der Waals surface area contributed by atoms with Crippen molar-refractivity contribution in [2.75, 3.05) is 6.61 Å². The molecular formula is C18H21N3O2. The van der Waals surface area contributed by atoms with Crippen LogP contribution < -0.4 is 10.2 Å². The fraction of sp³-hybridized carbons (Fsp3) is 0.278. The Bertz CT molecular complexity index is 624. The van der Waals surface area contributed by atoms with Crippen LogP contribution in [0.3, 0.4) is 0 Å². The Labute approximate surface area is 136 Å². The third-order valence-corrected chi connectivity index (χ3v) is 3.20. The van der Waals surface area contributed by atoms with E-state index in [1.165, 1.54) is 19.0 Å². The largest absolute Gasteiger partial charge is 0.494 e. The molecule has 0 aliphatic carbocycles. The van der Waals surface area contributed by atoms with Gasteiger partial charge in [0.05, 0.1) is 18.4 Å². The first-order valence-corrected chi connectivity index (χ1v) is 7.76. The number of hydrogen-bond donors (Lipinski definition) is 1. The normalized spacial score (nSPS) is 10.7. The first-order chi connectivity index (χ1) is 11.3. The van der Waals surface area contributed by atoms with Crippen LogP contribution in [0, 0.1) is 0 Å². The molecular weight excluding hydrogens is 290 g/mol. The second-order valence-electron chi connectivity index (χ2n) is 5.07. The second-order valence-corrected chi connectivity index (χ2v) is 5.07. The standard InChI is InChI=1S/C18H21N3O2/c1-2-3-4-12-23-17-9-7-15(8-10-17)13-20-21-18(22)16-6-5-11-19-14-16/h5-11,13-14H,2-4,12H2,1H3,(H,21,22)/b20-13+. The topological polar surface area (TPSA) is 63.6 Å². The maximum absolute atomic E-state index is 11.8. The van der Waals surface area contributed by atoms with E-state index in [2.05, 4.69) is 22.4 Å². The summed E-state index contributed by atoms with van der Waals surface area (Å²) >= 11 is 0. The molecule has 0 aliphatic rings. The van der Waals surface area contributed by atoms with Crippen molar-refractivity contribution in [3.8, 4) is 5.75 Å². The maximum atomic E-state index is 11.8. The van der Waals surface area contributed by atoms with Gasteiger partial charge in [0, 0.05) is 12.4 Å². The number of pyridine rings is 1. The smallest absolute Gasteiger partial charge is 0.272 e. The molecule has 0 bridgehead atoms. The van der Waals surface area contributed by atoms with Gasteiger partial charge < -0.3 is 4.74 Å². The van der Waals surface area contributed by atoms with Crippen molar-refractivity contribution in [2.45, 2.75) is 26.2 Å². The van der Waals surface area contributed by atoms with Crippen molar-refractivity contribution in [1.82, 2.24) is 10.4 Å². The van der Waals surface area contributed by atoms with Crippen LogP contribution >= 0.6 is 0 Å². The fourth-order valence-electron chi connectivity index (χ4n) is 1.92. The maximum Gasteiger partial charge on any atom is 0.272 e. The monoisotopic (exact) mass is 311 g/mol. The summed E-state index contributed by atoms with van der Waals surface area (Å²) in [7, 11) is 0. The van der Waals surface area contributed by atoms with E-state index in [1.807, 2.05) is 24.3 Å². The summed E-state index contributed by atoms with van der Waals surface area (Å²) in [6.07, 6.45) is 8.14. The SMILES string of the molecule is CCCCCOc1ccc(/C=N/NC(=O)c2cccnc2)cc1. The number of hydrogen-bond acceptors (Lipinski definition) is 4. The summed E-state index contributed by atoms with van der Waals surface area (Å²) in [5.74, 6) is 0.558. The molecule has 1 N–H and O–H groups in total. The minimum Gasteiger partial charge on any atom is -0.494 e. The van der Waals surface area contributed by atoms with Crippen LogP contribution in [0.1, 0.15) is 42.1 Å². The first-order valence-electron chi connectivity index (χ1n) is 7.76. The second kappa shape index (κ2) is 9.35. The number of amides is 1. The molecule has 1 aromatic heterocycles. The number of aromatic nitrogens is 1. The van der Waals surface area contributed by atoms with E-state index in [1.54, 1.807) is 24.5 Å². The van der Waals surface area contributed by atoms with E-state index in [-0.39, 0.29) is 5.91 Å². The quantitative estimate of drug-likeness (QED) is 0.461. The summed E-state index contributed by atoms with van der Waals surface area (Å²) in [6, 6.07) is 11.0. The van der Waals surface area contributed by atoms with Gasteiger partial charge in [0.15, 0.2) is 0 Å². The van der Waals surface area contributed by atoms with E-state index in [0.717, 1.165) is 24.3 Å². The molecule has 0 spiro atoms. The number of carbonyl (C=O) groups excluding carboxylic acids is 1. The Morgan fingerprint density at radius 1 is 1.26 bits per heavy atom. The molecule has 2 aromatic rings. The number of nitrogens with one attached hydrogen (secondary N) is 1. The summed E-state index contributed by atoms with van der Waals surface area (Å²) in [5, 5.41) is 3.94. The minimum absolute atomic E-state index is 0.287. The number of carbonyl (C=O) groups is 1. The Morgan fingerprint density at radius 2 is 2.09 bits per heavy atom. The first kappa shape index (κ1) is 16.7. The van der Waals surface area contributed by atoms with Crippen molar-refractivity contribution in [3.05, 3.63) is 59.9 Å². The highest BCUT2D eigenvalue weighted by Gasteiger charge is 2.02. The molecule has 0 saturated heterocycles. The highest BCUT2D eigenvalue weighted by molar-refractivity contribution is 5.94. The Hall–Kier alpha value is -2.69. The van der Waals surface area contributed by atoms with Crippen LogP contribution in [0.5, 0.6) is 5.75 Å². The number of unbranched alkanes of at least 4 members (excludes halogenated alkanes) is 2. The van der Waals surface area contributed by atoms with Gasteiger partial charge in [-0.1, -0.05) is 19.8 Å². The molecule has 1 amide bonds. The van der Waals surface area contributed by atoms with Gasteiger partial charge >= 0.3 is 0 Å². The molecule has 0 aliphatic heterocycles. The van der Waals surface area contributed by atoms with Gasteiger partial charge in [-0.05, 0) is 48.4 Å². The highest BCUT2D eigenvalue weighted by Crippen LogP contribution is 2.11. The number of hydrazone groups is 1. The van der Waals surface area contributed by atoms with E-state index >= 15 is 0 Å². The lowest BCUT2D eigenvalue weighted by molar-refractivity contribution is 0.0955. The zero-order chi connectivity index (χ0) is 16.3. The summed E-state index contributed by atoms with van der Waals surface area (Å²) in [6.45, 7) is 2.91. The molecule has 23 heavy (non-hydrogen) atoms. The van der Waals surface area contributed by atoms with E-state index in [9.17, 15) is 4.79 Å².